The van der Waals surface area contributed by atoms with Gasteiger partial charge in [-0.15, -0.1) is 0 Å². The summed E-state index contributed by atoms with van der Waals surface area (Å²) in [6.45, 7) is 4.31. The lowest BCUT2D eigenvalue weighted by atomic mass is 10.1. The Morgan fingerprint density at radius 3 is 2.00 bits per heavy atom. The molecule has 3 rings (SSSR count). The fourth-order valence-electron chi connectivity index (χ4n) is 3.39. The molecule has 3 aromatic carbocycles. The van der Waals surface area contributed by atoms with Crippen molar-refractivity contribution in [2.75, 3.05) is 0 Å². The quantitative estimate of drug-likeness (QED) is 0.248. The van der Waals surface area contributed by atoms with Gasteiger partial charge in [-0.1, -0.05) is 44.2 Å². The van der Waals surface area contributed by atoms with Crippen LogP contribution < -0.4 is 4.18 Å². The highest BCUT2D eigenvalue weighted by molar-refractivity contribution is 7.87. The molecule has 0 aliphatic rings. The van der Waals surface area contributed by atoms with Gasteiger partial charge >= 0.3 is 16.3 Å². The number of amides is 1. The highest BCUT2D eigenvalue weighted by Gasteiger charge is 2.32. The van der Waals surface area contributed by atoms with Gasteiger partial charge in [0.2, 0.25) is 5.91 Å². The number of nitrogens with zero attached hydrogens (tertiary/aromatic N) is 1. The molecule has 0 saturated carbocycles. The van der Waals surface area contributed by atoms with Crippen molar-refractivity contribution >= 4 is 16.0 Å². The average molecular weight is 524 g/mol. The lowest BCUT2D eigenvalue weighted by Crippen LogP contribution is -2.30. The average Bonchev–Trinajstić information content (AvgIpc) is 2.80. The Kier molecular flexibility index (Phi) is 8.39. The molecule has 0 aromatic heterocycles. The Labute approximate surface area is 207 Å². The van der Waals surface area contributed by atoms with Crippen molar-refractivity contribution in [3.8, 4) is 5.75 Å². The van der Waals surface area contributed by atoms with Gasteiger partial charge in [-0.25, -0.2) is 4.39 Å². The van der Waals surface area contributed by atoms with Crippen molar-refractivity contribution in [2.24, 2.45) is 5.92 Å². The van der Waals surface area contributed by atoms with Crippen molar-refractivity contribution in [3.63, 3.8) is 0 Å². The molecule has 0 aliphatic heterocycles. The molecule has 0 bridgehead atoms. The molecule has 10 heteroatoms. The van der Waals surface area contributed by atoms with E-state index in [1.54, 1.807) is 29.2 Å². The monoisotopic (exact) mass is 523 g/mol. The fourth-order valence-corrected chi connectivity index (χ4v) is 4.37. The summed E-state index contributed by atoms with van der Waals surface area (Å²) in [6, 6.07) is 15.0. The SMILES string of the molecule is CC(C)CC(=O)N(Cc1ccc(F)cc1)Cc1ccc(OS(=O)(=O)c2cccc(C(F)(F)F)c2)cc1. The maximum atomic E-state index is 13.3. The summed E-state index contributed by atoms with van der Waals surface area (Å²) in [5.74, 6) is -0.434. The zero-order valence-electron chi connectivity index (χ0n) is 19.6. The topological polar surface area (TPSA) is 63.7 Å². The Morgan fingerprint density at radius 1 is 0.917 bits per heavy atom. The molecule has 5 nitrogen and oxygen atoms in total. The predicted octanol–water partition coefficient (Wildman–Crippen LogP) is 6.19. The van der Waals surface area contributed by atoms with Gasteiger partial charge in [-0.2, -0.15) is 21.6 Å². The third kappa shape index (κ3) is 7.55. The first-order chi connectivity index (χ1) is 16.8. The second kappa shape index (κ2) is 11.1. The number of halogens is 4. The largest absolute Gasteiger partial charge is 0.416 e. The summed E-state index contributed by atoms with van der Waals surface area (Å²) in [6.07, 6.45) is -4.38. The number of carbonyl (C=O) groups is 1. The lowest BCUT2D eigenvalue weighted by Gasteiger charge is -2.24. The van der Waals surface area contributed by atoms with E-state index in [4.69, 9.17) is 4.18 Å². The molecule has 0 atom stereocenters. The fraction of sp³-hybridized carbons (Fsp3) is 0.269. The van der Waals surface area contributed by atoms with Gasteiger partial charge in [0.15, 0.2) is 0 Å². The minimum Gasteiger partial charge on any atom is -0.379 e. The third-order valence-electron chi connectivity index (χ3n) is 5.18. The molecular formula is C26H25F4NO4S. The zero-order valence-corrected chi connectivity index (χ0v) is 20.4. The highest BCUT2D eigenvalue weighted by Crippen LogP contribution is 2.31. The maximum absolute atomic E-state index is 13.3. The highest BCUT2D eigenvalue weighted by atomic mass is 32.2. The molecule has 192 valence electrons. The van der Waals surface area contributed by atoms with Crippen LogP contribution in [-0.4, -0.2) is 19.2 Å². The van der Waals surface area contributed by atoms with Gasteiger partial charge in [0, 0.05) is 19.5 Å². The Hall–Kier alpha value is -3.40. The minimum atomic E-state index is -4.69. The number of hydrogen-bond donors (Lipinski definition) is 0. The first kappa shape index (κ1) is 27.2. The van der Waals surface area contributed by atoms with Crippen LogP contribution in [0, 0.1) is 11.7 Å². The van der Waals surface area contributed by atoms with Crippen LogP contribution in [0.15, 0.2) is 77.7 Å². The van der Waals surface area contributed by atoms with E-state index in [2.05, 4.69) is 0 Å². The smallest absolute Gasteiger partial charge is 0.379 e. The molecule has 0 aliphatic carbocycles. The second-order valence-corrected chi connectivity index (χ2v) is 10.2. The molecule has 0 unspecified atom stereocenters. The van der Waals surface area contributed by atoms with Crippen LogP contribution in [0.1, 0.15) is 37.0 Å². The molecule has 0 N–H and O–H groups in total. The first-order valence-corrected chi connectivity index (χ1v) is 12.5. The predicted molar refractivity (Wildman–Crippen MR) is 126 cm³/mol. The Balaban J connectivity index is 1.75. The molecular weight excluding hydrogens is 498 g/mol. The van der Waals surface area contributed by atoms with Gasteiger partial charge in [-0.05, 0) is 59.5 Å². The van der Waals surface area contributed by atoms with Crippen molar-refractivity contribution in [1.82, 2.24) is 4.90 Å². The molecule has 0 fully saturated rings. The van der Waals surface area contributed by atoms with Crippen LogP contribution in [0.25, 0.3) is 0 Å². The molecule has 0 saturated heterocycles. The first-order valence-electron chi connectivity index (χ1n) is 11.1. The number of hydrogen-bond acceptors (Lipinski definition) is 4. The molecule has 0 spiro atoms. The number of benzene rings is 3. The second-order valence-electron chi connectivity index (χ2n) is 8.68. The van der Waals surface area contributed by atoms with Crippen LogP contribution in [0.5, 0.6) is 5.75 Å². The van der Waals surface area contributed by atoms with Gasteiger partial charge in [0.25, 0.3) is 0 Å². The Morgan fingerprint density at radius 2 is 1.47 bits per heavy atom. The lowest BCUT2D eigenvalue weighted by molar-refractivity contribution is -0.137. The summed E-state index contributed by atoms with van der Waals surface area (Å²) < 4.78 is 82.0. The molecule has 1 amide bonds. The van der Waals surface area contributed by atoms with E-state index >= 15 is 0 Å². The van der Waals surface area contributed by atoms with Crippen LogP contribution >= 0.6 is 0 Å². The van der Waals surface area contributed by atoms with E-state index in [1.807, 2.05) is 13.8 Å². The molecule has 36 heavy (non-hydrogen) atoms. The van der Waals surface area contributed by atoms with E-state index in [9.17, 15) is 30.8 Å². The Bertz CT molecular complexity index is 1290. The summed E-state index contributed by atoms with van der Waals surface area (Å²) in [5, 5.41) is 0. The van der Waals surface area contributed by atoms with Crippen LogP contribution in [0.4, 0.5) is 17.6 Å². The molecule has 0 heterocycles. The van der Waals surface area contributed by atoms with Crippen molar-refractivity contribution in [2.45, 2.75) is 44.4 Å². The van der Waals surface area contributed by atoms with Crippen LogP contribution in [0.2, 0.25) is 0 Å². The summed E-state index contributed by atoms with van der Waals surface area (Å²) in [7, 11) is -4.50. The van der Waals surface area contributed by atoms with E-state index < -0.39 is 26.8 Å². The zero-order chi connectivity index (χ0) is 26.5. The van der Waals surface area contributed by atoms with Gasteiger partial charge in [0.05, 0.1) is 5.56 Å². The van der Waals surface area contributed by atoms with Crippen LogP contribution in [-0.2, 0) is 34.2 Å². The summed E-state index contributed by atoms with van der Waals surface area (Å²) in [5.41, 5.74) is 0.327. The summed E-state index contributed by atoms with van der Waals surface area (Å²) >= 11 is 0. The standard InChI is InChI=1S/C26H25F4NO4S/c1-18(2)14-25(32)31(16-19-6-10-22(27)11-7-19)17-20-8-12-23(13-9-20)35-36(33,34)24-5-3-4-21(15-24)26(28,29)30/h3-13,15,18H,14,16-17H2,1-2H3. The van der Waals surface area contributed by atoms with E-state index in [1.165, 1.54) is 24.3 Å². The number of carbonyl (C=O) groups excluding carboxylic acids is 1. The van der Waals surface area contributed by atoms with Gasteiger partial charge in [0.1, 0.15) is 16.5 Å². The normalized spacial score (nSPS) is 12.0. The van der Waals surface area contributed by atoms with Crippen molar-refractivity contribution < 1.29 is 35.0 Å². The van der Waals surface area contributed by atoms with Crippen LogP contribution in [0.3, 0.4) is 0 Å². The molecule has 3 aromatic rings. The number of alkyl halides is 3. The van der Waals surface area contributed by atoms with Crippen molar-refractivity contribution in [3.05, 3.63) is 95.3 Å². The third-order valence-corrected chi connectivity index (χ3v) is 6.42. The minimum absolute atomic E-state index is 0.0882. The molecule has 0 radical (unpaired) electrons. The van der Waals surface area contributed by atoms with E-state index in [0.29, 0.717) is 18.1 Å². The van der Waals surface area contributed by atoms with E-state index in [0.717, 1.165) is 23.8 Å². The van der Waals surface area contributed by atoms with Gasteiger partial charge in [-0.3, -0.25) is 4.79 Å². The maximum Gasteiger partial charge on any atom is 0.416 e. The summed E-state index contributed by atoms with van der Waals surface area (Å²) in [4.78, 5) is 13.8. The van der Waals surface area contributed by atoms with E-state index in [-0.39, 0.29) is 36.5 Å². The number of rotatable bonds is 9. The van der Waals surface area contributed by atoms with Crippen molar-refractivity contribution in [1.29, 1.82) is 0 Å². The van der Waals surface area contributed by atoms with Gasteiger partial charge < -0.3 is 9.08 Å².